The van der Waals surface area contributed by atoms with Crippen molar-refractivity contribution < 1.29 is 0 Å². The van der Waals surface area contributed by atoms with Crippen molar-refractivity contribution in [1.29, 1.82) is 0 Å². The van der Waals surface area contributed by atoms with Crippen LogP contribution in [-0.2, 0) is 0 Å². The summed E-state index contributed by atoms with van der Waals surface area (Å²) in [6, 6.07) is 32.2. The van der Waals surface area contributed by atoms with Crippen molar-refractivity contribution in [3.05, 3.63) is 72.8 Å². The highest BCUT2D eigenvalue weighted by Crippen LogP contribution is 2.49. The topological polar surface area (TPSA) is 0 Å². The molecule has 1 heterocycles. The largest absolute Gasteiger partial charge is 0.243 e. The van der Waals surface area contributed by atoms with Crippen LogP contribution in [0.1, 0.15) is 208 Å². The van der Waals surface area contributed by atoms with Crippen molar-refractivity contribution in [3.8, 4) is 11.1 Å². The highest BCUT2D eigenvalue weighted by atomic mass is 28.3. The molecule has 0 aliphatic carbocycles. The molecule has 0 N–H and O–H groups in total. The third kappa shape index (κ3) is 8.95. The van der Waals surface area contributed by atoms with Crippen LogP contribution in [0.3, 0.4) is 0 Å². The van der Waals surface area contributed by atoms with Crippen molar-refractivity contribution in [1.82, 2.24) is 0 Å². The van der Waals surface area contributed by atoms with Crippen molar-refractivity contribution in [2.75, 3.05) is 0 Å². The van der Waals surface area contributed by atoms with Crippen LogP contribution in [0, 0.1) is 0 Å². The fourth-order valence-electron chi connectivity index (χ4n) is 22.3. The second kappa shape index (κ2) is 22.8. The molecule has 0 saturated carbocycles. The van der Waals surface area contributed by atoms with Gasteiger partial charge in [0.05, 0.1) is 40.4 Å². The average Bonchev–Trinajstić information content (AvgIpc) is 3.87. The van der Waals surface area contributed by atoms with E-state index in [2.05, 4.69) is 281 Å². The fourth-order valence-corrected chi connectivity index (χ4v) is 57.5. The molecular formula is C73H117BSi5. The molecule has 0 radical (unpaired) electrons. The Labute approximate surface area is 493 Å². The molecule has 6 aromatic rings. The predicted octanol–water partition coefficient (Wildman–Crippen LogP) is 19.5. The van der Waals surface area contributed by atoms with Crippen molar-refractivity contribution in [3.63, 3.8) is 0 Å². The highest BCUT2D eigenvalue weighted by molar-refractivity contribution is 7.14. The van der Waals surface area contributed by atoms with Gasteiger partial charge in [0, 0.05) is 0 Å². The quantitative estimate of drug-likeness (QED) is 0.0497. The van der Waals surface area contributed by atoms with E-state index in [1.807, 2.05) is 21.0 Å². The second-order valence-corrected chi connectivity index (χ2v) is 60.5. The molecule has 1 aliphatic rings. The lowest BCUT2D eigenvalue weighted by Crippen LogP contribution is -2.78. The molecule has 0 saturated heterocycles. The normalized spacial score (nSPS) is 14.6. The van der Waals surface area contributed by atoms with Crippen LogP contribution in [0.4, 0.5) is 0 Å². The molecule has 0 spiro atoms. The molecule has 0 unspecified atom stereocenters. The zero-order valence-corrected chi connectivity index (χ0v) is 61.7. The van der Waals surface area contributed by atoms with Crippen LogP contribution in [-0.4, -0.2) is 47.1 Å². The Balaban J connectivity index is 2.02. The molecule has 0 amide bonds. The molecule has 6 aromatic carbocycles. The van der Waals surface area contributed by atoms with Crippen LogP contribution >= 0.6 is 0 Å². The first-order valence-corrected chi connectivity index (χ1v) is 43.9. The van der Waals surface area contributed by atoms with Gasteiger partial charge in [-0.15, -0.1) is 0 Å². The number of hydrogen-bond acceptors (Lipinski definition) is 0. The van der Waals surface area contributed by atoms with E-state index in [1.54, 1.807) is 32.4 Å². The lowest BCUT2D eigenvalue weighted by Gasteiger charge is -2.52. The van der Waals surface area contributed by atoms with Gasteiger partial charge >= 0.3 is 0 Å². The smallest absolute Gasteiger partial charge is 0.0699 e. The van der Waals surface area contributed by atoms with Gasteiger partial charge in [0.2, 0.25) is 6.71 Å². The van der Waals surface area contributed by atoms with Crippen molar-refractivity contribution >= 4 is 122 Å². The summed E-state index contributed by atoms with van der Waals surface area (Å²) in [7, 11) is -11.8. The summed E-state index contributed by atoms with van der Waals surface area (Å²) in [5, 5.41) is 17.8. The first-order chi connectivity index (χ1) is 36.6. The van der Waals surface area contributed by atoms with E-state index < -0.39 is 40.4 Å². The molecular weight excluding hydrogens is 1030 g/mol. The lowest BCUT2D eigenvalue weighted by molar-refractivity contribution is 0.830. The van der Waals surface area contributed by atoms with Gasteiger partial charge in [-0.25, -0.2) is 0 Å². The minimum atomic E-state index is -2.47. The summed E-state index contributed by atoms with van der Waals surface area (Å²) in [4.78, 5) is 0. The van der Waals surface area contributed by atoms with Gasteiger partial charge < -0.3 is 0 Å². The van der Waals surface area contributed by atoms with Crippen LogP contribution in [0.2, 0.25) is 83.1 Å². The minimum absolute atomic E-state index is 0.119. The zero-order valence-electron chi connectivity index (χ0n) is 56.7. The molecule has 0 bridgehead atoms. The Morgan fingerprint density at radius 2 is 0.532 bits per heavy atom. The second-order valence-electron chi connectivity index (χ2n) is 31.1. The number of fused-ring (bicyclic) bond motifs is 4. The Morgan fingerprint density at radius 1 is 0.253 bits per heavy atom. The Morgan fingerprint density at radius 3 is 0.861 bits per heavy atom. The zero-order chi connectivity index (χ0) is 59.5. The van der Waals surface area contributed by atoms with E-state index >= 15 is 0 Å². The number of rotatable bonds is 21. The molecule has 6 heteroatoms. The van der Waals surface area contributed by atoms with Gasteiger partial charge in [-0.2, -0.15) is 0 Å². The molecule has 0 nitrogen and oxygen atoms in total. The van der Waals surface area contributed by atoms with Gasteiger partial charge in [0.25, 0.3) is 0 Å². The van der Waals surface area contributed by atoms with E-state index in [9.17, 15) is 0 Å². The van der Waals surface area contributed by atoms with Crippen LogP contribution in [0.5, 0.6) is 0 Å². The van der Waals surface area contributed by atoms with Gasteiger partial charge in [0.1, 0.15) is 0 Å². The van der Waals surface area contributed by atoms with E-state index in [4.69, 9.17) is 0 Å². The predicted molar refractivity (Wildman–Crippen MR) is 380 cm³/mol. The highest BCUT2D eigenvalue weighted by Gasteiger charge is 2.58. The van der Waals surface area contributed by atoms with Gasteiger partial charge in [0.15, 0.2) is 0 Å². The first kappa shape index (κ1) is 64.1. The Kier molecular flexibility index (Phi) is 18.5. The maximum Gasteiger partial charge on any atom is 0.243 e. The molecule has 1 aliphatic heterocycles. The Bertz CT molecular complexity index is 2940. The number of benzene rings is 6. The van der Waals surface area contributed by atoms with E-state index in [-0.39, 0.29) is 6.71 Å². The number of hydrogen-bond donors (Lipinski definition) is 0. The summed E-state index contributed by atoms with van der Waals surface area (Å²) in [5.74, 6) is 0. The molecule has 79 heavy (non-hydrogen) atoms. The SMILES string of the molecule is CC(C)[Si](c1cc2c(c([Si](C(C)C)(C(C)C)C(C)C)c1)B(c1c([Si](C(C)C)(C(C)C)C(C)C)cc([Si](C(C)C)(C(C)C)C(C)C)cc1[Si](C(C)C)(C(C)C)C(C)C)c1c-2cc2ccc3cccc4ccc1c2c34)(C(C)C)C(C)C. The minimum Gasteiger partial charge on any atom is -0.0699 e. The molecule has 432 valence electrons. The molecule has 0 atom stereocenters. The molecule has 0 fully saturated rings. The van der Waals surface area contributed by atoms with E-state index in [0.717, 1.165) is 0 Å². The molecule has 7 rings (SSSR count). The van der Waals surface area contributed by atoms with Crippen LogP contribution < -0.4 is 42.3 Å². The van der Waals surface area contributed by atoms with E-state index in [0.29, 0.717) is 83.1 Å². The third-order valence-electron chi connectivity index (χ3n) is 23.9. The Hall–Kier alpha value is -2.49. The van der Waals surface area contributed by atoms with E-state index in [1.165, 1.54) is 32.3 Å². The summed E-state index contributed by atoms with van der Waals surface area (Å²) in [5.41, 5.74) is 17.1. The summed E-state index contributed by atoms with van der Waals surface area (Å²) < 4.78 is 0. The van der Waals surface area contributed by atoms with Crippen molar-refractivity contribution in [2.24, 2.45) is 0 Å². The van der Waals surface area contributed by atoms with Gasteiger partial charge in [-0.3, -0.25) is 0 Å². The van der Waals surface area contributed by atoms with Crippen LogP contribution in [0.25, 0.3) is 43.4 Å². The average molecular weight is 1150 g/mol. The van der Waals surface area contributed by atoms with Crippen molar-refractivity contribution in [2.45, 2.75) is 291 Å². The molecule has 0 aromatic heterocycles. The monoisotopic (exact) mass is 1140 g/mol. The maximum absolute atomic E-state index is 3.10. The third-order valence-corrected chi connectivity index (χ3v) is 59.2. The fraction of sp³-hybridized carbons (Fsp3) is 0.616. The summed E-state index contributed by atoms with van der Waals surface area (Å²) in [6.45, 7) is 80.1. The maximum atomic E-state index is 3.10. The first-order valence-electron chi connectivity index (χ1n) is 32.7. The van der Waals surface area contributed by atoms with Gasteiger partial charge in [-0.05, 0) is 133 Å². The standard InChI is InChI=1S/C73H117BSi5/c1-43(2)75(44(3)4,45(5)6)61-39-65-64-38-60-35-34-58-32-31-33-59-36-37-63(70(60)69(58)59)71(64)74(72(65)66(40-61)77(49(13)14,50(15)16)51(17)18)73-67(78(52(19)20,53(21)22)54(23)24)41-62(76(46(7)8,47(9)10)48(11)12)42-68(73)79(55(25)26,56(27)28)57(29)30/h31-57H,1-30H3. The van der Waals surface area contributed by atoms with Gasteiger partial charge in [-0.1, -0.05) is 317 Å². The lowest BCUT2D eigenvalue weighted by atomic mass is 9.38. The summed E-state index contributed by atoms with van der Waals surface area (Å²) >= 11 is 0. The summed E-state index contributed by atoms with van der Waals surface area (Å²) in [6.07, 6.45) is 0. The van der Waals surface area contributed by atoms with Crippen LogP contribution in [0.15, 0.2) is 72.8 Å².